The van der Waals surface area contributed by atoms with Gasteiger partial charge < -0.3 is 15.2 Å². The molecule has 1 amide bonds. The monoisotopic (exact) mass is 668 g/mol. The summed E-state index contributed by atoms with van der Waals surface area (Å²) < 4.78 is 0. The van der Waals surface area contributed by atoms with Crippen LogP contribution in [0, 0.1) is 5.92 Å². The van der Waals surface area contributed by atoms with E-state index >= 15 is 0 Å². The number of carboxylic acid groups (broad SMARTS) is 1. The van der Waals surface area contributed by atoms with E-state index < -0.39 is 17.6 Å². The number of rotatable bonds is 9. The summed E-state index contributed by atoms with van der Waals surface area (Å²) in [7, 11) is 0. The van der Waals surface area contributed by atoms with Gasteiger partial charge in [0, 0.05) is 33.6 Å². The minimum absolute atomic E-state index is 0. The van der Waals surface area contributed by atoms with Gasteiger partial charge in [0.2, 0.25) is 0 Å². The molecule has 2 atom stereocenters. The van der Waals surface area contributed by atoms with Gasteiger partial charge in [0.05, 0.1) is 27.2 Å². The van der Waals surface area contributed by atoms with E-state index in [1.165, 1.54) is 0 Å². The second kappa shape index (κ2) is 13.9. The number of aliphatic carboxylic acids is 1. The number of likely N-dealkylation sites (tertiary alicyclic amines) is 1. The second-order valence-corrected chi connectivity index (χ2v) is 12.2. The zero-order valence-corrected chi connectivity index (χ0v) is 26.3. The van der Waals surface area contributed by atoms with Crippen molar-refractivity contribution in [3.8, 4) is 0 Å². The SMILES string of the molecule is C[C@@]1(C(=O)[N-]c2ccc(Cl)cc2C(=N[C@@H](C(=O)O)C2CCC2)c2ccccc2)CCCN1Cc1ccc(Cl)c(Cl)c1.[Ni]. The average molecular weight is 671 g/mol. The van der Waals surface area contributed by atoms with Crippen molar-refractivity contribution in [3.05, 3.63) is 104 Å². The van der Waals surface area contributed by atoms with Gasteiger partial charge in [0.15, 0.2) is 6.04 Å². The molecule has 3 aromatic rings. The molecule has 224 valence electrons. The summed E-state index contributed by atoms with van der Waals surface area (Å²) in [5, 5.41) is 16.1. The smallest absolute Gasteiger partial charge is 0.328 e. The summed E-state index contributed by atoms with van der Waals surface area (Å²) in [5.41, 5.74) is 2.26. The van der Waals surface area contributed by atoms with Crippen molar-refractivity contribution in [2.45, 2.75) is 57.2 Å². The Morgan fingerprint density at radius 2 is 1.76 bits per heavy atom. The number of aliphatic imine (C=N–C) groups is 1. The summed E-state index contributed by atoms with van der Waals surface area (Å²) >= 11 is 18.8. The first-order chi connectivity index (χ1) is 19.7. The van der Waals surface area contributed by atoms with Crippen LogP contribution in [0.1, 0.15) is 55.7 Å². The van der Waals surface area contributed by atoms with Gasteiger partial charge >= 0.3 is 5.97 Å². The standard InChI is InChI=1S/C32H32Cl3N3O3.Ni/c1-32(15-6-16-38(32)19-20-11-13-25(34)26(35)17-20)31(41)36-27-14-12-23(33)18-24(27)28(21-7-3-2-4-8-21)37-29(30(39)40)22-9-5-10-22;/h2-4,7-8,11-14,17-18,22,29H,5-6,9-10,15-16,19H2,1H3,(H2,36,37,39,40,41);/p-1/t29-,32+;/m1./s1. The average Bonchev–Trinajstić information content (AvgIpc) is 3.30. The van der Waals surface area contributed by atoms with Crippen molar-refractivity contribution in [1.82, 2.24) is 4.90 Å². The predicted octanol–water partition coefficient (Wildman–Crippen LogP) is 8.32. The van der Waals surface area contributed by atoms with Crippen LogP contribution < -0.4 is 0 Å². The fourth-order valence-corrected chi connectivity index (χ4v) is 6.04. The van der Waals surface area contributed by atoms with Crippen LogP contribution in [0.5, 0.6) is 0 Å². The number of nitrogens with zero attached hydrogens (tertiary/aromatic N) is 3. The molecule has 1 aliphatic carbocycles. The molecule has 1 saturated carbocycles. The molecule has 3 aromatic carbocycles. The maximum Gasteiger partial charge on any atom is 0.328 e. The van der Waals surface area contributed by atoms with Crippen molar-refractivity contribution < 1.29 is 31.2 Å². The van der Waals surface area contributed by atoms with Crippen LogP contribution in [0.3, 0.4) is 0 Å². The van der Waals surface area contributed by atoms with E-state index in [0.717, 1.165) is 43.4 Å². The second-order valence-electron chi connectivity index (χ2n) is 10.9. The summed E-state index contributed by atoms with van der Waals surface area (Å²) in [6.45, 7) is 3.19. The van der Waals surface area contributed by atoms with E-state index in [-0.39, 0.29) is 28.3 Å². The minimum atomic E-state index is -0.962. The Labute approximate surface area is 271 Å². The minimum Gasteiger partial charge on any atom is -0.625 e. The molecule has 42 heavy (non-hydrogen) atoms. The molecule has 0 aromatic heterocycles. The van der Waals surface area contributed by atoms with E-state index in [2.05, 4.69) is 10.2 Å². The molecule has 1 aliphatic heterocycles. The molecule has 0 radical (unpaired) electrons. The van der Waals surface area contributed by atoms with Crippen LogP contribution in [0.4, 0.5) is 5.69 Å². The third-order valence-corrected chi connectivity index (χ3v) is 9.18. The fraction of sp³-hybridized carbons (Fsp3) is 0.344. The van der Waals surface area contributed by atoms with Gasteiger partial charge in [-0.1, -0.05) is 83.7 Å². The van der Waals surface area contributed by atoms with Crippen LogP contribution in [-0.2, 0) is 32.6 Å². The molecule has 0 spiro atoms. The molecule has 0 unspecified atom stereocenters. The number of hydrogen-bond acceptors (Lipinski definition) is 4. The Bertz CT molecular complexity index is 1480. The van der Waals surface area contributed by atoms with Crippen molar-refractivity contribution in [2.24, 2.45) is 10.9 Å². The van der Waals surface area contributed by atoms with Gasteiger partial charge in [-0.15, -0.1) is 5.69 Å². The molecular weight excluding hydrogens is 639 g/mol. The zero-order valence-electron chi connectivity index (χ0n) is 23.0. The number of carbonyl (C=O) groups excluding carboxylic acids is 1. The molecular formula is C32H31Cl3N3NiO3-. The summed E-state index contributed by atoms with van der Waals surface area (Å²) in [5.74, 6) is -1.27. The summed E-state index contributed by atoms with van der Waals surface area (Å²) in [6.07, 6.45) is 4.14. The van der Waals surface area contributed by atoms with Gasteiger partial charge in [-0.2, -0.15) is 0 Å². The van der Waals surface area contributed by atoms with Crippen LogP contribution in [0.25, 0.3) is 5.32 Å². The summed E-state index contributed by atoms with van der Waals surface area (Å²) in [6, 6.07) is 19.1. The van der Waals surface area contributed by atoms with Crippen LogP contribution in [-0.4, -0.2) is 45.7 Å². The molecule has 1 heterocycles. The topological polar surface area (TPSA) is 84.1 Å². The quantitative estimate of drug-likeness (QED) is 0.183. The van der Waals surface area contributed by atoms with E-state index in [1.54, 1.807) is 24.3 Å². The third-order valence-electron chi connectivity index (χ3n) is 8.21. The number of carbonyl (C=O) groups is 2. The van der Waals surface area contributed by atoms with Crippen molar-refractivity contribution in [1.29, 1.82) is 0 Å². The molecule has 2 aliphatic rings. The normalized spacial score (nSPS) is 20.0. The molecule has 10 heteroatoms. The van der Waals surface area contributed by atoms with Crippen molar-refractivity contribution in [3.63, 3.8) is 0 Å². The van der Waals surface area contributed by atoms with Crippen LogP contribution in [0.15, 0.2) is 71.7 Å². The number of hydrogen-bond donors (Lipinski definition) is 1. The summed E-state index contributed by atoms with van der Waals surface area (Å²) in [4.78, 5) is 33.1. The van der Waals surface area contributed by atoms with Crippen LogP contribution >= 0.6 is 34.8 Å². The maximum absolute atomic E-state index is 13.9. The van der Waals surface area contributed by atoms with Gasteiger partial charge in [-0.05, 0) is 80.5 Å². The van der Waals surface area contributed by atoms with Crippen molar-refractivity contribution >= 4 is 58.1 Å². The fourth-order valence-electron chi connectivity index (χ4n) is 5.55. The third kappa shape index (κ3) is 7.03. The Morgan fingerprint density at radius 3 is 2.40 bits per heavy atom. The Balaban J connectivity index is 0.00000405. The van der Waals surface area contributed by atoms with E-state index in [1.807, 2.05) is 49.4 Å². The molecule has 5 rings (SSSR count). The first-order valence-electron chi connectivity index (χ1n) is 13.8. The molecule has 2 fully saturated rings. The van der Waals surface area contributed by atoms with E-state index in [0.29, 0.717) is 45.0 Å². The Hall–Kier alpha value is -2.41. The largest absolute Gasteiger partial charge is 0.625 e. The van der Waals surface area contributed by atoms with Crippen LogP contribution in [0.2, 0.25) is 15.1 Å². The van der Waals surface area contributed by atoms with E-state index in [4.69, 9.17) is 39.8 Å². The van der Waals surface area contributed by atoms with E-state index in [9.17, 15) is 14.7 Å². The molecule has 6 nitrogen and oxygen atoms in total. The van der Waals surface area contributed by atoms with Gasteiger partial charge in [-0.3, -0.25) is 9.89 Å². The molecule has 0 bridgehead atoms. The molecule has 1 saturated heterocycles. The first-order valence-corrected chi connectivity index (χ1v) is 14.9. The Morgan fingerprint density at radius 1 is 1.02 bits per heavy atom. The number of carboxylic acids is 1. The maximum atomic E-state index is 13.9. The zero-order chi connectivity index (χ0) is 29.1. The van der Waals surface area contributed by atoms with Gasteiger partial charge in [0.25, 0.3) is 0 Å². The Kier molecular flexibility index (Phi) is 10.8. The van der Waals surface area contributed by atoms with Gasteiger partial charge in [0.1, 0.15) is 0 Å². The number of benzene rings is 3. The van der Waals surface area contributed by atoms with Gasteiger partial charge in [-0.25, -0.2) is 4.79 Å². The first kappa shape index (κ1) is 32.5. The molecule has 1 N–H and O–H groups in total. The van der Waals surface area contributed by atoms with Crippen molar-refractivity contribution in [2.75, 3.05) is 6.54 Å². The number of amides is 1. The number of halogens is 3. The predicted molar refractivity (Wildman–Crippen MR) is 165 cm³/mol.